The van der Waals surface area contributed by atoms with Crippen LogP contribution >= 0.6 is 0 Å². The Balaban J connectivity index is 2.92. The highest BCUT2D eigenvalue weighted by Crippen LogP contribution is 2.29. The molecule has 84 valence electrons. The van der Waals surface area contributed by atoms with Crippen LogP contribution in [0.25, 0.3) is 0 Å². The predicted octanol–water partition coefficient (Wildman–Crippen LogP) is 2.56. The summed E-state index contributed by atoms with van der Waals surface area (Å²) in [6, 6.07) is 5.60. The maximum absolute atomic E-state index is 13.1. The Morgan fingerprint density at radius 1 is 1.40 bits per heavy atom. The lowest BCUT2D eigenvalue weighted by atomic mass is 10.1. The van der Waals surface area contributed by atoms with E-state index >= 15 is 0 Å². The van der Waals surface area contributed by atoms with Gasteiger partial charge in [0.05, 0.1) is 6.10 Å². The molecule has 0 aliphatic rings. The molecule has 0 fully saturated rings. The molecule has 0 unspecified atom stereocenters. The number of alkyl halides is 2. The summed E-state index contributed by atoms with van der Waals surface area (Å²) in [5.41, 5.74) is -0.233. The molecule has 0 aromatic heterocycles. The third-order valence-electron chi connectivity index (χ3n) is 1.83. The average molecular weight is 216 g/mol. The van der Waals surface area contributed by atoms with Crippen LogP contribution in [-0.4, -0.2) is 17.8 Å². The second-order valence-electron chi connectivity index (χ2n) is 3.56. The van der Waals surface area contributed by atoms with Crippen molar-refractivity contribution in [2.75, 3.05) is 6.61 Å². The molecular weight excluding hydrogens is 202 g/mol. The third kappa shape index (κ3) is 3.16. The van der Waals surface area contributed by atoms with Crippen LogP contribution in [0, 0.1) is 0 Å². The van der Waals surface area contributed by atoms with Crippen molar-refractivity contribution in [2.24, 2.45) is 0 Å². The van der Waals surface area contributed by atoms with E-state index in [2.05, 4.69) is 0 Å². The Morgan fingerprint density at radius 2 is 2.07 bits per heavy atom. The van der Waals surface area contributed by atoms with E-state index in [1.165, 1.54) is 18.2 Å². The second kappa shape index (κ2) is 4.57. The molecule has 4 heteroatoms. The lowest BCUT2D eigenvalue weighted by Gasteiger charge is -2.15. The van der Waals surface area contributed by atoms with Gasteiger partial charge in [0.1, 0.15) is 12.4 Å². The lowest BCUT2D eigenvalue weighted by Crippen LogP contribution is -2.18. The van der Waals surface area contributed by atoms with E-state index in [1.54, 1.807) is 6.07 Å². The maximum atomic E-state index is 13.1. The van der Waals surface area contributed by atoms with Crippen LogP contribution in [0.4, 0.5) is 8.78 Å². The molecule has 0 bridgehead atoms. The summed E-state index contributed by atoms with van der Waals surface area (Å²) in [5, 5.41) is 8.53. The van der Waals surface area contributed by atoms with Gasteiger partial charge in [0.15, 0.2) is 0 Å². The maximum Gasteiger partial charge on any atom is 0.295 e. The molecule has 0 amide bonds. The van der Waals surface area contributed by atoms with Crippen molar-refractivity contribution in [3.05, 3.63) is 29.8 Å². The largest absolute Gasteiger partial charge is 0.491 e. The Morgan fingerprint density at radius 3 is 2.60 bits per heavy atom. The smallest absolute Gasteiger partial charge is 0.295 e. The molecule has 0 saturated carbocycles. The summed E-state index contributed by atoms with van der Waals surface area (Å²) in [7, 11) is 0. The molecule has 1 aromatic carbocycles. The Labute approximate surface area is 87.5 Å². The van der Waals surface area contributed by atoms with Gasteiger partial charge in [-0.15, -0.1) is 0 Å². The number of hydrogen-bond donors (Lipinski definition) is 1. The minimum Gasteiger partial charge on any atom is -0.491 e. The Bertz CT molecular complexity index is 324. The highest BCUT2D eigenvalue weighted by atomic mass is 19.3. The fraction of sp³-hybridized carbons (Fsp3) is 0.455. The van der Waals surface area contributed by atoms with Crippen LogP contribution in [0.5, 0.6) is 5.75 Å². The monoisotopic (exact) mass is 216 g/mol. The topological polar surface area (TPSA) is 29.5 Å². The van der Waals surface area contributed by atoms with Crippen LogP contribution in [0.3, 0.4) is 0 Å². The molecule has 0 radical (unpaired) electrons. The zero-order valence-electron chi connectivity index (χ0n) is 8.71. The molecule has 0 aliphatic carbocycles. The second-order valence-corrected chi connectivity index (χ2v) is 3.56. The number of aliphatic hydroxyl groups excluding tert-OH is 1. The predicted molar refractivity (Wildman–Crippen MR) is 53.2 cm³/mol. The van der Waals surface area contributed by atoms with Gasteiger partial charge >= 0.3 is 0 Å². The first-order valence-electron chi connectivity index (χ1n) is 4.71. The van der Waals surface area contributed by atoms with Crippen LogP contribution in [0.2, 0.25) is 0 Å². The first-order valence-corrected chi connectivity index (χ1v) is 4.71. The molecule has 15 heavy (non-hydrogen) atoms. The van der Waals surface area contributed by atoms with E-state index in [0.717, 1.165) is 0 Å². The van der Waals surface area contributed by atoms with Gasteiger partial charge in [-0.05, 0) is 26.0 Å². The van der Waals surface area contributed by atoms with E-state index in [0.29, 0.717) is 5.75 Å². The van der Waals surface area contributed by atoms with Crippen LogP contribution in [0.1, 0.15) is 19.4 Å². The van der Waals surface area contributed by atoms with Gasteiger partial charge < -0.3 is 9.84 Å². The molecule has 0 atom stereocenters. The van der Waals surface area contributed by atoms with Gasteiger partial charge in [0.25, 0.3) is 5.92 Å². The van der Waals surface area contributed by atoms with Gasteiger partial charge in [0, 0.05) is 5.56 Å². The minimum absolute atomic E-state index is 0.0667. The van der Waals surface area contributed by atoms with Crippen LogP contribution in [0.15, 0.2) is 24.3 Å². The summed E-state index contributed by atoms with van der Waals surface area (Å²) in [4.78, 5) is 0. The van der Waals surface area contributed by atoms with Crippen LogP contribution < -0.4 is 4.74 Å². The molecule has 1 rings (SSSR count). The summed E-state index contributed by atoms with van der Waals surface area (Å²) in [6.45, 7) is 2.44. The molecule has 1 N–H and O–H groups in total. The number of halogens is 2. The van der Waals surface area contributed by atoms with E-state index < -0.39 is 12.5 Å². The first kappa shape index (κ1) is 11.9. The quantitative estimate of drug-likeness (QED) is 0.838. The van der Waals surface area contributed by atoms with Crippen molar-refractivity contribution < 1.29 is 18.6 Å². The highest BCUT2D eigenvalue weighted by molar-refractivity contribution is 5.31. The zero-order chi connectivity index (χ0) is 11.5. The molecule has 0 heterocycles. The van der Waals surface area contributed by atoms with E-state index in [1.807, 2.05) is 13.8 Å². The van der Waals surface area contributed by atoms with Gasteiger partial charge in [-0.3, -0.25) is 0 Å². The van der Waals surface area contributed by atoms with Gasteiger partial charge in [-0.1, -0.05) is 12.1 Å². The van der Waals surface area contributed by atoms with E-state index in [-0.39, 0.29) is 11.7 Å². The summed E-state index contributed by atoms with van der Waals surface area (Å²) in [5.74, 6) is -2.83. The standard InChI is InChI=1S/C11H14F2O2/c1-8(2)15-10-5-3-4-9(6-10)11(12,13)7-14/h3-6,8,14H,7H2,1-2H3. The van der Waals surface area contributed by atoms with Gasteiger partial charge in [-0.25, -0.2) is 0 Å². The number of ether oxygens (including phenoxy) is 1. The normalized spacial score (nSPS) is 11.9. The zero-order valence-corrected chi connectivity index (χ0v) is 8.71. The molecule has 0 spiro atoms. The van der Waals surface area contributed by atoms with Crippen molar-refractivity contribution in [3.63, 3.8) is 0 Å². The number of aliphatic hydroxyl groups is 1. The number of rotatable bonds is 4. The molecule has 1 aromatic rings. The number of hydrogen-bond acceptors (Lipinski definition) is 2. The fourth-order valence-electron chi connectivity index (χ4n) is 1.16. The molecule has 0 aliphatic heterocycles. The van der Waals surface area contributed by atoms with Crippen molar-refractivity contribution in [1.29, 1.82) is 0 Å². The third-order valence-corrected chi connectivity index (χ3v) is 1.83. The van der Waals surface area contributed by atoms with Crippen molar-refractivity contribution in [1.82, 2.24) is 0 Å². The lowest BCUT2D eigenvalue weighted by molar-refractivity contribution is -0.0558. The fourth-order valence-corrected chi connectivity index (χ4v) is 1.16. The molecular formula is C11H14F2O2. The minimum atomic E-state index is -3.21. The van der Waals surface area contributed by atoms with Gasteiger partial charge in [-0.2, -0.15) is 8.78 Å². The highest BCUT2D eigenvalue weighted by Gasteiger charge is 2.30. The van der Waals surface area contributed by atoms with Crippen LogP contribution in [-0.2, 0) is 5.92 Å². The molecule has 2 nitrogen and oxygen atoms in total. The Kier molecular flexibility index (Phi) is 3.63. The van der Waals surface area contributed by atoms with Gasteiger partial charge in [0.2, 0.25) is 0 Å². The Hall–Kier alpha value is -1.16. The van der Waals surface area contributed by atoms with E-state index in [4.69, 9.17) is 9.84 Å². The van der Waals surface area contributed by atoms with E-state index in [9.17, 15) is 8.78 Å². The summed E-state index contributed by atoms with van der Waals surface area (Å²) < 4.78 is 31.5. The molecule has 0 saturated heterocycles. The SMILES string of the molecule is CC(C)Oc1cccc(C(F)(F)CO)c1. The summed E-state index contributed by atoms with van der Waals surface area (Å²) >= 11 is 0. The van der Waals surface area contributed by atoms with Crippen molar-refractivity contribution in [2.45, 2.75) is 25.9 Å². The number of benzene rings is 1. The van der Waals surface area contributed by atoms with Crippen molar-refractivity contribution in [3.8, 4) is 5.75 Å². The summed E-state index contributed by atoms with van der Waals surface area (Å²) in [6.07, 6.45) is -0.0667. The average Bonchev–Trinajstić information content (AvgIpc) is 2.17. The first-order chi connectivity index (χ1) is 6.95. The van der Waals surface area contributed by atoms with Crippen molar-refractivity contribution >= 4 is 0 Å².